The summed E-state index contributed by atoms with van der Waals surface area (Å²) in [6, 6.07) is 8.46. The van der Waals surface area contributed by atoms with Crippen LogP contribution in [0.3, 0.4) is 0 Å². The zero-order chi connectivity index (χ0) is 19.0. The molecule has 1 fully saturated rings. The fraction of sp³-hybridized carbons (Fsp3) is 0.368. The number of fused-ring (bicyclic) bond motifs is 1. The first-order valence-corrected chi connectivity index (χ1v) is 8.61. The van der Waals surface area contributed by atoms with Crippen LogP contribution in [0.4, 0.5) is 5.69 Å². The second-order valence-electron chi connectivity index (χ2n) is 6.67. The maximum Gasteiger partial charge on any atom is 0.344 e. The molecule has 142 valence electrons. The molecule has 0 amide bonds. The number of carbonyl (C=O) groups is 2. The average molecular weight is 373 g/mol. The third kappa shape index (κ3) is 3.07. The second-order valence-corrected chi connectivity index (χ2v) is 6.67. The fourth-order valence-corrected chi connectivity index (χ4v) is 3.12. The lowest BCUT2D eigenvalue weighted by atomic mass is 9.93. The molecule has 3 heterocycles. The summed E-state index contributed by atoms with van der Waals surface area (Å²) >= 11 is 0. The molecule has 1 saturated heterocycles. The van der Waals surface area contributed by atoms with Crippen molar-refractivity contribution in [2.75, 3.05) is 12.1 Å². The zero-order valence-electron chi connectivity index (χ0n) is 14.9. The molecule has 1 aromatic heterocycles. The molecule has 0 saturated carbocycles. The van der Waals surface area contributed by atoms with Gasteiger partial charge in [-0.2, -0.15) is 0 Å². The predicted molar refractivity (Wildman–Crippen MR) is 92.3 cm³/mol. The van der Waals surface area contributed by atoms with Crippen molar-refractivity contribution in [3.8, 4) is 11.5 Å². The van der Waals surface area contributed by atoms with Gasteiger partial charge in [0.15, 0.2) is 17.6 Å². The smallest absolute Gasteiger partial charge is 0.344 e. The second kappa shape index (κ2) is 6.53. The molecule has 4 rings (SSSR count). The van der Waals surface area contributed by atoms with Crippen LogP contribution in [-0.4, -0.2) is 30.4 Å². The van der Waals surface area contributed by atoms with Gasteiger partial charge in [-0.3, -0.25) is 0 Å². The fourth-order valence-electron chi connectivity index (χ4n) is 3.12. The molecule has 2 aliphatic heterocycles. The van der Waals surface area contributed by atoms with Crippen LogP contribution in [0.2, 0.25) is 0 Å². The van der Waals surface area contributed by atoms with Crippen molar-refractivity contribution >= 4 is 17.6 Å². The minimum Gasteiger partial charge on any atom is -0.465 e. The van der Waals surface area contributed by atoms with Crippen LogP contribution in [0.1, 0.15) is 32.1 Å². The van der Waals surface area contributed by atoms with Crippen LogP contribution >= 0.6 is 0 Å². The maximum absolute atomic E-state index is 12.9. The largest absolute Gasteiger partial charge is 0.465 e. The number of nitrogens with one attached hydrogen (secondary N) is 1. The molecule has 8 heteroatoms. The maximum atomic E-state index is 12.9. The molecule has 1 aromatic carbocycles. The van der Waals surface area contributed by atoms with Crippen molar-refractivity contribution < 1.29 is 33.0 Å². The summed E-state index contributed by atoms with van der Waals surface area (Å²) in [5.41, 5.74) is -1.17. The Morgan fingerprint density at radius 3 is 2.81 bits per heavy atom. The summed E-state index contributed by atoms with van der Waals surface area (Å²) in [6.45, 7) is 3.56. The zero-order valence-corrected chi connectivity index (χ0v) is 14.9. The van der Waals surface area contributed by atoms with Crippen molar-refractivity contribution in [3.63, 3.8) is 0 Å². The van der Waals surface area contributed by atoms with Gasteiger partial charge in [0.05, 0.1) is 12.4 Å². The van der Waals surface area contributed by atoms with Gasteiger partial charge >= 0.3 is 11.9 Å². The number of esters is 2. The molecule has 8 nitrogen and oxygen atoms in total. The summed E-state index contributed by atoms with van der Waals surface area (Å²) in [4.78, 5) is 25.6. The van der Waals surface area contributed by atoms with E-state index >= 15 is 0 Å². The number of hydrogen-bond donors (Lipinski definition) is 1. The molecule has 0 bridgehead atoms. The minimum atomic E-state index is -1.69. The molecule has 2 aliphatic rings. The van der Waals surface area contributed by atoms with Crippen molar-refractivity contribution in [2.45, 2.75) is 38.0 Å². The van der Waals surface area contributed by atoms with Crippen LogP contribution in [0.15, 0.2) is 41.0 Å². The van der Waals surface area contributed by atoms with Crippen LogP contribution in [0, 0.1) is 0 Å². The topological polar surface area (TPSA) is 96.2 Å². The average Bonchev–Trinajstić information content (AvgIpc) is 3.34. The lowest BCUT2D eigenvalue weighted by molar-refractivity contribution is -0.160. The number of benzene rings is 1. The van der Waals surface area contributed by atoms with E-state index in [4.69, 9.17) is 23.4 Å². The van der Waals surface area contributed by atoms with E-state index in [0.717, 1.165) is 0 Å². The summed E-state index contributed by atoms with van der Waals surface area (Å²) in [5, 5.41) is 3.00. The molecule has 0 radical (unpaired) electrons. The Kier molecular flexibility index (Phi) is 4.18. The molecule has 0 aliphatic carbocycles. The summed E-state index contributed by atoms with van der Waals surface area (Å²) in [5.74, 6) is 0.180. The molecule has 0 unspecified atom stereocenters. The van der Waals surface area contributed by atoms with E-state index < -0.39 is 23.6 Å². The number of ether oxygens (including phenoxy) is 4. The lowest BCUT2D eigenvalue weighted by Gasteiger charge is -2.26. The molecule has 2 atom stereocenters. The Balaban J connectivity index is 1.66. The van der Waals surface area contributed by atoms with E-state index in [1.165, 1.54) is 6.26 Å². The number of rotatable bonds is 5. The van der Waals surface area contributed by atoms with E-state index in [2.05, 4.69) is 5.32 Å². The van der Waals surface area contributed by atoms with Crippen molar-refractivity contribution in [1.29, 1.82) is 0 Å². The van der Waals surface area contributed by atoms with E-state index in [1.54, 1.807) is 44.2 Å². The Morgan fingerprint density at radius 1 is 1.26 bits per heavy atom. The van der Waals surface area contributed by atoms with E-state index in [9.17, 15) is 9.59 Å². The first kappa shape index (κ1) is 17.3. The minimum absolute atomic E-state index is 0.0410. The van der Waals surface area contributed by atoms with Gasteiger partial charge in [-0.25, -0.2) is 9.59 Å². The Labute approximate surface area is 155 Å². The van der Waals surface area contributed by atoms with E-state index in [-0.39, 0.29) is 19.3 Å². The molecule has 27 heavy (non-hydrogen) atoms. The highest BCUT2D eigenvalue weighted by molar-refractivity contribution is 6.09. The number of hydrogen-bond acceptors (Lipinski definition) is 8. The Hall–Kier alpha value is -3.16. The number of carbonyl (C=O) groups excluding carboxylic acids is 2. The van der Waals surface area contributed by atoms with Crippen molar-refractivity contribution in [1.82, 2.24) is 0 Å². The van der Waals surface area contributed by atoms with Gasteiger partial charge in [0.25, 0.3) is 0 Å². The highest BCUT2D eigenvalue weighted by Gasteiger charge is 2.58. The number of furan rings is 1. The van der Waals surface area contributed by atoms with Crippen LogP contribution < -0.4 is 14.8 Å². The van der Waals surface area contributed by atoms with Gasteiger partial charge < -0.3 is 28.7 Å². The van der Waals surface area contributed by atoms with Crippen molar-refractivity contribution in [2.24, 2.45) is 0 Å². The van der Waals surface area contributed by atoms with Crippen molar-refractivity contribution in [3.05, 3.63) is 42.4 Å². The lowest BCUT2D eigenvalue weighted by Crippen LogP contribution is -2.52. The first-order chi connectivity index (χ1) is 13.0. The number of anilines is 1. The highest BCUT2D eigenvalue weighted by atomic mass is 16.7. The number of cyclic esters (lactones) is 1. The molecular formula is C19H19NO7. The van der Waals surface area contributed by atoms with E-state index in [1.807, 2.05) is 0 Å². The molecule has 0 spiro atoms. The van der Waals surface area contributed by atoms with Crippen LogP contribution in [0.25, 0.3) is 0 Å². The first-order valence-electron chi connectivity index (χ1n) is 8.61. The molecule has 2 aromatic rings. The van der Waals surface area contributed by atoms with Gasteiger partial charge in [0, 0.05) is 18.2 Å². The van der Waals surface area contributed by atoms with Crippen LogP contribution in [0.5, 0.6) is 11.5 Å². The van der Waals surface area contributed by atoms with Gasteiger partial charge in [0.1, 0.15) is 5.76 Å². The highest BCUT2D eigenvalue weighted by Crippen LogP contribution is 2.41. The van der Waals surface area contributed by atoms with Gasteiger partial charge in [0.2, 0.25) is 12.3 Å². The molecule has 1 N–H and O–H groups in total. The van der Waals surface area contributed by atoms with Crippen LogP contribution in [-0.2, 0) is 19.1 Å². The van der Waals surface area contributed by atoms with Gasteiger partial charge in [-0.05, 0) is 38.1 Å². The summed E-state index contributed by atoms with van der Waals surface area (Å²) in [6.07, 6.45) is 0.456. The third-order valence-electron chi connectivity index (χ3n) is 4.37. The molecular weight excluding hydrogens is 354 g/mol. The summed E-state index contributed by atoms with van der Waals surface area (Å²) < 4.78 is 26.8. The van der Waals surface area contributed by atoms with Gasteiger partial charge in [-0.1, -0.05) is 0 Å². The normalized spacial score (nSPS) is 23.4. The SMILES string of the molecule is CC(C)OC(=O)[C@]1(Nc2ccc3c(c2)OCO3)C[C@H](c2ccco2)OC1=O. The monoisotopic (exact) mass is 373 g/mol. The van der Waals surface area contributed by atoms with E-state index in [0.29, 0.717) is 22.9 Å². The third-order valence-corrected chi connectivity index (χ3v) is 4.37. The Morgan fingerprint density at radius 2 is 2.07 bits per heavy atom. The summed E-state index contributed by atoms with van der Waals surface area (Å²) in [7, 11) is 0. The predicted octanol–water partition coefficient (Wildman–Crippen LogP) is 2.80. The Bertz CT molecular complexity index is 861. The van der Waals surface area contributed by atoms with Gasteiger partial charge in [-0.15, -0.1) is 0 Å². The standard InChI is InChI=1S/C19H19NO7/c1-11(2)26-17(21)19(9-16(27-18(19)22)13-4-3-7-23-13)20-12-5-6-14-15(8-12)25-10-24-14/h3-8,11,16,20H,9-10H2,1-2H3/t16-,19-/m1/s1. The quantitative estimate of drug-likeness (QED) is 0.631.